The number of anilines is 1. The fraction of sp³-hybridized carbons (Fsp3) is 0.115. The average Bonchev–Trinajstić information content (AvgIpc) is 3.23. The Hall–Kier alpha value is -4.03. The van der Waals surface area contributed by atoms with E-state index >= 15 is 0 Å². The van der Waals surface area contributed by atoms with Crippen molar-refractivity contribution in [3.63, 3.8) is 0 Å². The predicted molar refractivity (Wildman–Crippen MR) is 127 cm³/mol. The first-order valence-electron chi connectivity index (χ1n) is 10.7. The van der Waals surface area contributed by atoms with E-state index in [-0.39, 0.29) is 0 Å². The van der Waals surface area contributed by atoms with E-state index in [2.05, 4.69) is 56.7 Å². The molecule has 1 aliphatic rings. The Morgan fingerprint density at radius 3 is 2.62 bits per heavy atom. The van der Waals surface area contributed by atoms with Crippen LogP contribution >= 0.6 is 0 Å². The number of fused-ring (bicyclic) bond motifs is 9. The van der Waals surface area contributed by atoms with E-state index in [1.54, 1.807) is 0 Å². The van der Waals surface area contributed by atoms with Crippen molar-refractivity contribution < 1.29 is 0 Å². The van der Waals surface area contributed by atoms with Gasteiger partial charge in [0.15, 0.2) is 0 Å². The van der Waals surface area contributed by atoms with Crippen molar-refractivity contribution >= 4 is 16.7 Å². The van der Waals surface area contributed by atoms with Crippen LogP contribution in [0.4, 0.5) is 5.69 Å². The zero-order chi connectivity index (χ0) is 21.5. The molecular formula is C26H22N6. The molecule has 1 aliphatic heterocycles. The van der Waals surface area contributed by atoms with Gasteiger partial charge in [-0.2, -0.15) is 0 Å². The first-order valence-corrected chi connectivity index (χ1v) is 10.7. The van der Waals surface area contributed by atoms with E-state index in [1.807, 2.05) is 36.9 Å². The molecule has 6 heteroatoms. The number of nitrogens with one attached hydrogen (secondary N) is 2. The Morgan fingerprint density at radius 1 is 0.781 bits per heavy atom. The van der Waals surface area contributed by atoms with Gasteiger partial charge in [-0.05, 0) is 52.1 Å². The Bertz CT molecular complexity index is 1450. The van der Waals surface area contributed by atoms with Gasteiger partial charge in [0.1, 0.15) is 5.82 Å². The monoisotopic (exact) mass is 418 g/mol. The molecule has 6 nitrogen and oxygen atoms in total. The molecule has 0 unspecified atom stereocenters. The maximum atomic E-state index is 6.34. The van der Waals surface area contributed by atoms with Crippen LogP contribution in [0.2, 0.25) is 0 Å². The smallest absolute Gasteiger partial charge is 0.111 e. The topological polar surface area (TPSA) is 92.5 Å². The summed E-state index contributed by atoms with van der Waals surface area (Å²) in [4.78, 5) is 17.3. The van der Waals surface area contributed by atoms with Crippen molar-refractivity contribution in [2.24, 2.45) is 0 Å². The Labute approximate surface area is 185 Å². The molecule has 156 valence electrons. The molecule has 8 bridgehead atoms. The van der Waals surface area contributed by atoms with Crippen LogP contribution in [0, 0.1) is 0 Å². The van der Waals surface area contributed by atoms with Crippen molar-refractivity contribution in [3.8, 4) is 22.3 Å². The minimum absolute atomic E-state index is 0.614. The molecule has 6 rings (SSSR count). The molecule has 4 heterocycles. The molecule has 5 aromatic rings. The second-order valence-corrected chi connectivity index (χ2v) is 8.24. The lowest BCUT2D eigenvalue weighted by Crippen LogP contribution is -2.13. The third-order valence-corrected chi connectivity index (χ3v) is 5.97. The Morgan fingerprint density at radius 2 is 1.66 bits per heavy atom. The van der Waals surface area contributed by atoms with Gasteiger partial charge < -0.3 is 16.0 Å². The summed E-state index contributed by atoms with van der Waals surface area (Å²) in [6.07, 6.45) is 8.14. The van der Waals surface area contributed by atoms with Gasteiger partial charge in [0.25, 0.3) is 0 Å². The van der Waals surface area contributed by atoms with Gasteiger partial charge in [0, 0.05) is 54.9 Å². The quantitative estimate of drug-likeness (QED) is 0.323. The zero-order valence-electron chi connectivity index (χ0n) is 17.5. The Kier molecular flexibility index (Phi) is 4.44. The summed E-state index contributed by atoms with van der Waals surface area (Å²) in [5.41, 5.74) is 16.6. The fourth-order valence-electron chi connectivity index (χ4n) is 4.34. The SMILES string of the molecule is Nc1ccc2cc1Cc1nc3c(cncc3[nH]1)-c1cccc(c1)CNCc1cncc-2c1. The largest absolute Gasteiger partial charge is 0.398 e. The molecule has 3 aromatic heterocycles. The molecule has 0 saturated heterocycles. The maximum absolute atomic E-state index is 6.34. The number of nitrogens with two attached hydrogens (primary N) is 1. The molecule has 0 spiro atoms. The minimum Gasteiger partial charge on any atom is -0.398 e. The van der Waals surface area contributed by atoms with Crippen LogP contribution in [0.1, 0.15) is 22.5 Å². The van der Waals surface area contributed by atoms with Crippen LogP contribution in [0.25, 0.3) is 33.3 Å². The van der Waals surface area contributed by atoms with Crippen molar-refractivity contribution in [1.82, 2.24) is 25.3 Å². The highest BCUT2D eigenvalue weighted by molar-refractivity contribution is 5.91. The number of rotatable bonds is 0. The summed E-state index contributed by atoms with van der Waals surface area (Å²) >= 11 is 0. The number of imidazole rings is 1. The number of benzene rings is 2. The molecule has 0 aliphatic carbocycles. The molecular weight excluding hydrogens is 396 g/mol. The number of pyridine rings is 2. The van der Waals surface area contributed by atoms with E-state index in [1.165, 1.54) is 5.56 Å². The highest BCUT2D eigenvalue weighted by Crippen LogP contribution is 2.29. The highest BCUT2D eigenvalue weighted by atomic mass is 14.9. The van der Waals surface area contributed by atoms with E-state index in [0.29, 0.717) is 6.42 Å². The van der Waals surface area contributed by atoms with Gasteiger partial charge in [-0.3, -0.25) is 9.97 Å². The number of aromatic amines is 1. The van der Waals surface area contributed by atoms with E-state index in [4.69, 9.17) is 10.7 Å². The normalized spacial score (nSPS) is 13.2. The molecule has 0 fully saturated rings. The lowest BCUT2D eigenvalue weighted by Gasteiger charge is -2.10. The third kappa shape index (κ3) is 3.40. The summed E-state index contributed by atoms with van der Waals surface area (Å²) < 4.78 is 0. The first kappa shape index (κ1) is 18.7. The zero-order valence-corrected chi connectivity index (χ0v) is 17.5. The number of hydrogen-bond donors (Lipinski definition) is 3. The van der Waals surface area contributed by atoms with E-state index in [9.17, 15) is 0 Å². The third-order valence-electron chi connectivity index (χ3n) is 5.97. The second kappa shape index (κ2) is 7.59. The van der Waals surface area contributed by atoms with Gasteiger partial charge in [-0.25, -0.2) is 4.98 Å². The van der Waals surface area contributed by atoms with Gasteiger partial charge in [-0.15, -0.1) is 0 Å². The summed E-state index contributed by atoms with van der Waals surface area (Å²) in [7, 11) is 0. The summed E-state index contributed by atoms with van der Waals surface area (Å²) in [5, 5.41) is 3.54. The summed E-state index contributed by atoms with van der Waals surface area (Å²) in [6.45, 7) is 1.51. The molecule has 32 heavy (non-hydrogen) atoms. The van der Waals surface area contributed by atoms with E-state index < -0.39 is 0 Å². The molecule has 2 aromatic carbocycles. The standard InChI is InChI=1S/C26H22N6/c27-23-5-4-18-8-20(23)9-25-31-24-15-30-14-22(26(24)32-25)19-3-1-2-16(6-19)10-28-11-17-7-21(18)13-29-12-17/h1-8,12-15,28H,9-11,27H2,(H,31,32). The van der Waals surface area contributed by atoms with Crippen molar-refractivity contribution in [2.75, 3.05) is 5.73 Å². The summed E-state index contributed by atoms with van der Waals surface area (Å²) in [6, 6.07) is 16.9. The number of nitrogens with zero attached hydrogens (tertiary/aromatic N) is 3. The van der Waals surface area contributed by atoms with Crippen molar-refractivity contribution in [2.45, 2.75) is 19.5 Å². The van der Waals surface area contributed by atoms with Gasteiger partial charge in [-0.1, -0.05) is 24.3 Å². The van der Waals surface area contributed by atoms with Crippen LogP contribution in [0.5, 0.6) is 0 Å². The van der Waals surface area contributed by atoms with Gasteiger partial charge >= 0.3 is 0 Å². The lowest BCUT2D eigenvalue weighted by molar-refractivity contribution is 0.692. The molecule has 4 N–H and O–H groups in total. The van der Waals surface area contributed by atoms with Crippen molar-refractivity contribution in [1.29, 1.82) is 0 Å². The molecule has 0 amide bonds. The van der Waals surface area contributed by atoms with Crippen LogP contribution in [0.3, 0.4) is 0 Å². The second-order valence-electron chi connectivity index (χ2n) is 8.24. The number of H-pyrrole nitrogens is 1. The first-order chi connectivity index (χ1) is 15.7. The van der Waals surface area contributed by atoms with Crippen LogP contribution in [-0.2, 0) is 19.5 Å². The van der Waals surface area contributed by atoms with Gasteiger partial charge in [0.05, 0.1) is 17.2 Å². The Balaban J connectivity index is 1.53. The summed E-state index contributed by atoms with van der Waals surface area (Å²) in [5.74, 6) is 0.868. The lowest BCUT2D eigenvalue weighted by atomic mass is 10.0. The number of hydrogen-bond acceptors (Lipinski definition) is 5. The number of aromatic nitrogens is 4. The van der Waals surface area contributed by atoms with E-state index in [0.717, 1.165) is 69.0 Å². The fourth-order valence-corrected chi connectivity index (χ4v) is 4.34. The van der Waals surface area contributed by atoms with Crippen LogP contribution in [0.15, 0.2) is 73.3 Å². The molecule has 0 saturated carbocycles. The van der Waals surface area contributed by atoms with Gasteiger partial charge in [0.2, 0.25) is 0 Å². The molecule has 0 radical (unpaired) electrons. The van der Waals surface area contributed by atoms with Crippen LogP contribution in [-0.4, -0.2) is 19.9 Å². The van der Waals surface area contributed by atoms with Crippen LogP contribution < -0.4 is 11.1 Å². The van der Waals surface area contributed by atoms with Crippen molar-refractivity contribution in [3.05, 3.63) is 95.8 Å². The average molecular weight is 419 g/mol. The molecule has 0 atom stereocenters. The maximum Gasteiger partial charge on any atom is 0.111 e. The number of nitrogen functional groups attached to an aromatic ring is 1. The predicted octanol–water partition coefficient (Wildman–Crippen LogP) is 4.46. The minimum atomic E-state index is 0.614. The highest BCUT2D eigenvalue weighted by Gasteiger charge is 2.13.